The van der Waals surface area contributed by atoms with Crippen molar-refractivity contribution in [3.8, 4) is 11.6 Å². The fourth-order valence-electron chi connectivity index (χ4n) is 2.93. The maximum Gasteiger partial charge on any atom is 0.251 e. The molecule has 2 atom stereocenters. The van der Waals surface area contributed by atoms with Crippen LogP contribution >= 0.6 is 0 Å². The summed E-state index contributed by atoms with van der Waals surface area (Å²) in [6.45, 7) is 0. The van der Waals surface area contributed by atoms with Gasteiger partial charge in [-0.15, -0.1) is 0 Å². The largest absolute Gasteiger partial charge is 0.496 e. The molecule has 1 fully saturated rings. The van der Waals surface area contributed by atoms with Gasteiger partial charge in [-0.3, -0.25) is 4.79 Å². The fraction of sp³-hybridized carbons (Fsp3) is 0.222. The van der Waals surface area contributed by atoms with Gasteiger partial charge in [-0.25, -0.2) is 14.6 Å². The first-order valence-corrected chi connectivity index (χ1v) is 8.01. The minimum Gasteiger partial charge on any atom is -0.496 e. The van der Waals surface area contributed by atoms with Crippen molar-refractivity contribution in [1.82, 2.24) is 25.1 Å². The molecule has 2 heterocycles. The van der Waals surface area contributed by atoms with E-state index in [0.29, 0.717) is 11.4 Å². The maximum absolute atomic E-state index is 12.5. The third kappa shape index (κ3) is 3.08. The lowest BCUT2D eigenvalue weighted by atomic mass is 10.1. The summed E-state index contributed by atoms with van der Waals surface area (Å²) >= 11 is 0. The van der Waals surface area contributed by atoms with E-state index in [1.165, 1.54) is 11.0 Å². The Balaban J connectivity index is 1.46. The van der Waals surface area contributed by atoms with E-state index in [2.05, 4.69) is 20.4 Å². The number of rotatable bonds is 5. The van der Waals surface area contributed by atoms with E-state index in [4.69, 9.17) is 4.74 Å². The lowest BCUT2D eigenvalue weighted by Gasteiger charge is -2.09. The fourth-order valence-corrected chi connectivity index (χ4v) is 2.93. The van der Waals surface area contributed by atoms with Crippen molar-refractivity contribution >= 4 is 5.91 Å². The van der Waals surface area contributed by atoms with Crippen molar-refractivity contribution in [2.24, 2.45) is 0 Å². The Morgan fingerprint density at radius 3 is 3.00 bits per heavy atom. The lowest BCUT2D eigenvalue weighted by molar-refractivity contribution is 0.0950. The number of nitrogens with zero attached hydrogens (tertiary/aromatic N) is 4. The first-order chi connectivity index (χ1) is 12.3. The van der Waals surface area contributed by atoms with Crippen LogP contribution in [-0.2, 0) is 0 Å². The Morgan fingerprint density at radius 2 is 2.20 bits per heavy atom. The van der Waals surface area contributed by atoms with Crippen LogP contribution in [0.4, 0.5) is 0 Å². The number of hydrogen-bond donors (Lipinski definition) is 1. The van der Waals surface area contributed by atoms with E-state index in [9.17, 15) is 4.79 Å². The van der Waals surface area contributed by atoms with E-state index in [-0.39, 0.29) is 17.9 Å². The zero-order valence-corrected chi connectivity index (χ0v) is 13.7. The molecule has 25 heavy (non-hydrogen) atoms. The molecule has 2 aromatic heterocycles. The quantitative estimate of drug-likeness (QED) is 0.771. The second-order valence-corrected chi connectivity index (χ2v) is 5.91. The summed E-state index contributed by atoms with van der Waals surface area (Å²) in [5, 5.41) is 7.10. The molecule has 7 heteroatoms. The summed E-state index contributed by atoms with van der Waals surface area (Å²) in [5.74, 6) is 1.59. The first-order valence-electron chi connectivity index (χ1n) is 8.01. The van der Waals surface area contributed by atoms with Crippen molar-refractivity contribution in [2.45, 2.75) is 18.4 Å². The highest BCUT2D eigenvalue weighted by Gasteiger charge is 2.41. The van der Waals surface area contributed by atoms with E-state index in [1.54, 1.807) is 31.8 Å². The van der Waals surface area contributed by atoms with Gasteiger partial charge in [0.1, 0.15) is 18.4 Å². The highest BCUT2D eigenvalue weighted by atomic mass is 16.5. The maximum atomic E-state index is 12.5. The van der Waals surface area contributed by atoms with Crippen molar-refractivity contribution in [3.05, 3.63) is 66.4 Å². The third-order valence-electron chi connectivity index (χ3n) is 4.31. The molecule has 7 nitrogen and oxygen atoms in total. The number of benzene rings is 1. The highest BCUT2D eigenvalue weighted by molar-refractivity contribution is 5.95. The Morgan fingerprint density at radius 1 is 1.32 bits per heavy atom. The van der Waals surface area contributed by atoms with E-state index in [0.717, 1.165) is 17.7 Å². The van der Waals surface area contributed by atoms with Gasteiger partial charge >= 0.3 is 0 Å². The highest BCUT2D eigenvalue weighted by Crippen LogP contribution is 2.44. The first kappa shape index (κ1) is 15.3. The molecular weight excluding hydrogens is 318 g/mol. The molecule has 0 radical (unpaired) electrons. The van der Waals surface area contributed by atoms with Crippen LogP contribution in [0.5, 0.6) is 5.75 Å². The molecule has 1 aromatic carbocycles. The standard InChI is InChI=1S/C18H17N5O2/c1-25-16-5-3-2-4-13(16)14-9-15(14)22-18(24)12-6-7-20-17(8-12)23-11-19-10-21-23/h2-8,10-11,14-15H,9H2,1H3,(H,22,24)/t14-,15+/m1/s1. The zero-order chi connectivity index (χ0) is 17.2. The Bertz CT molecular complexity index is 894. The Labute approximate surface area is 144 Å². The van der Waals surface area contributed by atoms with Gasteiger partial charge < -0.3 is 10.1 Å². The molecule has 0 unspecified atom stereocenters. The second-order valence-electron chi connectivity index (χ2n) is 5.91. The van der Waals surface area contributed by atoms with Gasteiger partial charge in [-0.05, 0) is 30.2 Å². The molecule has 0 spiro atoms. The van der Waals surface area contributed by atoms with Gasteiger partial charge in [0, 0.05) is 23.7 Å². The summed E-state index contributed by atoms with van der Waals surface area (Å²) in [6, 6.07) is 11.4. The summed E-state index contributed by atoms with van der Waals surface area (Å²) in [7, 11) is 1.66. The predicted octanol–water partition coefficient (Wildman–Crippen LogP) is 1.96. The van der Waals surface area contributed by atoms with Gasteiger partial charge in [0.05, 0.1) is 7.11 Å². The number of methoxy groups -OCH3 is 1. The van der Waals surface area contributed by atoms with Crippen molar-refractivity contribution in [2.75, 3.05) is 7.11 Å². The van der Waals surface area contributed by atoms with Crippen molar-refractivity contribution in [1.29, 1.82) is 0 Å². The molecule has 1 aliphatic rings. The van der Waals surface area contributed by atoms with Crippen LogP contribution in [0, 0.1) is 0 Å². The third-order valence-corrected chi connectivity index (χ3v) is 4.31. The minimum atomic E-state index is -0.119. The number of aromatic nitrogens is 4. The average molecular weight is 335 g/mol. The molecule has 0 aliphatic heterocycles. The molecule has 3 aromatic rings. The normalized spacial score (nSPS) is 18.6. The van der Waals surface area contributed by atoms with Gasteiger partial charge in [-0.2, -0.15) is 5.10 Å². The number of pyridine rings is 1. The molecule has 1 aliphatic carbocycles. The van der Waals surface area contributed by atoms with Crippen LogP contribution in [0.25, 0.3) is 5.82 Å². The van der Waals surface area contributed by atoms with Gasteiger partial charge in [0.15, 0.2) is 5.82 Å². The van der Waals surface area contributed by atoms with Crippen LogP contribution in [0.1, 0.15) is 28.3 Å². The molecule has 126 valence electrons. The molecular formula is C18H17N5O2. The molecule has 0 saturated heterocycles. The minimum absolute atomic E-state index is 0.117. The Hall–Kier alpha value is -3.22. The van der Waals surface area contributed by atoms with E-state index >= 15 is 0 Å². The topological polar surface area (TPSA) is 81.9 Å². The van der Waals surface area contributed by atoms with E-state index in [1.807, 2.05) is 24.3 Å². The zero-order valence-electron chi connectivity index (χ0n) is 13.7. The molecule has 1 N–H and O–H groups in total. The number of hydrogen-bond acceptors (Lipinski definition) is 5. The predicted molar refractivity (Wildman–Crippen MR) is 90.8 cm³/mol. The molecule has 0 bridgehead atoms. The number of carbonyl (C=O) groups is 1. The van der Waals surface area contributed by atoms with Crippen LogP contribution in [-0.4, -0.2) is 38.8 Å². The number of amides is 1. The number of para-hydroxylation sites is 1. The van der Waals surface area contributed by atoms with Gasteiger partial charge in [0.25, 0.3) is 5.91 Å². The SMILES string of the molecule is COc1ccccc1[C@H]1C[C@@H]1NC(=O)c1ccnc(-n2cncn2)c1. The van der Waals surface area contributed by atoms with E-state index < -0.39 is 0 Å². The summed E-state index contributed by atoms with van der Waals surface area (Å²) in [5.41, 5.74) is 1.68. The second kappa shape index (κ2) is 6.35. The summed E-state index contributed by atoms with van der Waals surface area (Å²) < 4.78 is 6.92. The van der Waals surface area contributed by atoms with Crippen molar-refractivity contribution in [3.63, 3.8) is 0 Å². The van der Waals surface area contributed by atoms with Crippen LogP contribution in [0.15, 0.2) is 55.2 Å². The smallest absolute Gasteiger partial charge is 0.251 e. The van der Waals surface area contributed by atoms with Crippen molar-refractivity contribution < 1.29 is 9.53 Å². The summed E-state index contributed by atoms with van der Waals surface area (Å²) in [4.78, 5) is 20.6. The number of nitrogens with one attached hydrogen (secondary N) is 1. The van der Waals surface area contributed by atoms with Gasteiger partial charge in [0.2, 0.25) is 0 Å². The molecule has 4 rings (SSSR count). The Kier molecular flexibility index (Phi) is 3.89. The van der Waals surface area contributed by atoms with Crippen LogP contribution in [0.3, 0.4) is 0 Å². The van der Waals surface area contributed by atoms with Gasteiger partial charge in [-0.1, -0.05) is 18.2 Å². The molecule has 1 amide bonds. The van der Waals surface area contributed by atoms with Crippen LogP contribution in [0.2, 0.25) is 0 Å². The molecule has 1 saturated carbocycles. The monoisotopic (exact) mass is 335 g/mol. The summed E-state index contributed by atoms with van der Waals surface area (Å²) in [6.07, 6.45) is 5.47. The van der Waals surface area contributed by atoms with Crippen LogP contribution < -0.4 is 10.1 Å². The lowest BCUT2D eigenvalue weighted by Crippen LogP contribution is -2.26. The number of carbonyl (C=O) groups excluding carboxylic acids is 1. The number of ether oxygens (including phenoxy) is 1. The average Bonchev–Trinajstić information content (AvgIpc) is 3.19.